The first-order valence-electron chi connectivity index (χ1n) is 5.07. The van der Waals surface area contributed by atoms with E-state index < -0.39 is 11.4 Å². The summed E-state index contributed by atoms with van der Waals surface area (Å²) in [4.78, 5) is 29.2. The normalized spacial score (nSPS) is 14.3. The van der Waals surface area contributed by atoms with Gasteiger partial charge in [-0.25, -0.2) is 4.98 Å². The first kappa shape index (κ1) is 13.7. The highest BCUT2D eigenvalue weighted by atomic mass is 32.2. The largest absolute Gasteiger partial charge is 0.368 e. The summed E-state index contributed by atoms with van der Waals surface area (Å²) in [6.07, 6.45) is 0. The summed E-state index contributed by atoms with van der Waals surface area (Å²) in [6, 6.07) is 1.41. The van der Waals surface area contributed by atoms with E-state index in [0.717, 1.165) is 0 Å². The van der Waals surface area contributed by atoms with Gasteiger partial charge in [0.15, 0.2) is 5.16 Å². The number of hydrogen-bond donors (Lipinski definition) is 3. The molecule has 1 aromatic heterocycles. The molecule has 0 aliphatic heterocycles. The number of nitrogens with zero attached hydrogens (tertiary/aromatic N) is 1. The van der Waals surface area contributed by atoms with Crippen molar-refractivity contribution in [1.29, 1.82) is 0 Å². The van der Waals surface area contributed by atoms with E-state index in [1.54, 1.807) is 20.9 Å². The first-order valence-corrected chi connectivity index (χ1v) is 6.05. The molecule has 0 saturated carbocycles. The quantitative estimate of drug-likeness (QED) is 0.493. The van der Waals surface area contributed by atoms with Crippen molar-refractivity contribution >= 4 is 17.7 Å². The number of aromatic nitrogens is 2. The molecule has 1 heterocycles. The fourth-order valence-electron chi connectivity index (χ4n) is 1.10. The predicted molar refractivity (Wildman–Crippen MR) is 67.0 cm³/mol. The van der Waals surface area contributed by atoms with Crippen molar-refractivity contribution in [2.45, 2.75) is 24.5 Å². The van der Waals surface area contributed by atoms with Crippen molar-refractivity contribution in [3.63, 3.8) is 0 Å². The minimum atomic E-state index is -0.826. The van der Waals surface area contributed by atoms with Gasteiger partial charge >= 0.3 is 0 Å². The third-order valence-corrected chi connectivity index (χ3v) is 3.63. The highest BCUT2D eigenvalue weighted by molar-refractivity contribution is 7.99. The number of amides is 1. The van der Waals surface area contributed by atoms with E-state index in [9.17, 15) is 9.59 Å². The number of likely N-dealkylation sites (N-methyl/N-ethyl adjacent to an activating group) is 1. The van der Waals surface area contributed by atoms with Crippen molar-refractivity contribution in [3.05, 3.63) is 22.1 Å². The number of carbonyl (C=O) groups excluding carboxylic acids is 1. The van der Waals surface area contributed by atoms with Crippen LogP contribution in [0.25, 0.3) is 0 Å². The van der Waals surface area contributed by atoms with Gasteiger partial charge in [0.25, 0.3) is 5.56 Å². The molecule has 1 unspecified atom stereocenters. The second-order valence-corrected chi connectivity index (χ2v) is 4.89. The molecule has 1 amide bonds. The van der Waals surface area contributed by atoms with Crippen molar-refractivity contribution in [1.82, 2.24) is 15.3 Å². The van der Waals surface area contributed by atoms with Gasteiger partial charge in [-0.15, -0.1) is 0 Å². The summed E-state index contributed by atoms with van der Waals surface area (Å²) in [5, 5.41) is 3.35. The van der Waals surface area contributed by atoms with Gasteiger partial charge in [0.1, 0.15) is 5.54 Å². The standard InChI is InChI=1S/C10H16N4O2S/c1-6-4-7(15)14-9(13-6)17-5-10(2,12-3)8(11)16/h4,12H,5H2,1-3H3,(H2,11,16)(H,13,14,15). The minimum Gasteiger partial charge on any atom is -0.368 e. The molecule has 0 radical (unpaired) electrons. The lowest BCUT2D eigenvalue weighted by Crippen LogP contribution is -2.53. The Hall–Kier alpha value is -1.34. The van der Waals surface area contributed by atoms with Gasteiger partial charge in [0.2, 0.25) is 5.91 Å². The number of rotatable bonds is 5. The number of primary amides is 1. The molecule has 17 heavy (non-hydrogen) atoms. The summed E-state index contributed by atoms with van der Waals surface area (Å²) in [7, 11) is 1.66. The van der Waals surface area contributed by atoms with E-state index in [4.69, 9.17) is 5.73 Å². The molecule has 0 aliphatic carbocycles. The van der Waals surface area contributed by atoms with Gasteiger partial charge in [0.05, 0.1) is 0 Å². The average Bonchev–Trinajstić information content (AvgIpc) is 2.24. The van der Waals surface area contributed by atoms with Crippen LogP contribution in [0.1, 0.15) is 12.6 Å². The topological polar surface area (TPSA) is 101 Å². The van der Waals surface area contributed by atoms with E-state index in [0.29, 0.717) is 16.6 Å². The molecule has 0 fully saturated rings. The molecule has 1 atom stereocenters. The SMILES string of the molecule is CNC(C)(CSc1nc(C)cc(=O)[nH]1)C(N)=O. The third kappa shape index (κ3) is 3.57. The molecule has 0 spiro atoms. The van der Waals surface area contributed by atoms with E-state index in [1.807, 2.05) is 0 Å². The Labute approximate surface area is 103 Å². The lowest BCUT2D eigenvalue weighted by molar-refractivity contribution is -0.122. The fourth-order valence-corrected chi connectivity index (χ4v) is 2.19. The summed E-state index contributed by atoms with van der Waals surface area (Å²) in [5.74, 6) is -0.0481. The average molecular weight is 256 g/mol. The molecule has 1 rings (SSSR count). The van der Waals surface area contributed by atoms with E-state index in [-0.39, 0.29) is 5.56 Å². The number of H-pyrrole nitrogens is 1. The zero-order chi connectivity index (χ0) is 13.1. The van der Waals surface area contributed by atoms with Crippen LogP contribution < -0.4 is 16.6 Å². The second-order valence-electron chi connectivity index (χ2n) is 3.93. The molecule has 1 aromatic rings. The van der Waals surface area contributed by atoms with Crippen LogP contribution in [-0.4, -0.2) is 34.2 Å². The molecule has 6 nitrogen and oxygen atoms in total. The highest BCUT2D eigenvalue weighted by Gasteiger charge is 2.29. The van der Waals surface area contributed by atoms with Crippen LogP contribution in [0.2, 0.25) is 0 Å². The number of aryl methyl sites for hydroxylation is 1. The molecule has 4 N–H and O–H groups in total. The van der Waals surface area contributed by atoms with Crippen LogP contribution in [0.5, 0.6) is 0 Å². The van der Waals surface area contributed by atoms with Gasteiger partial charge in [0, 0.05) is 17.5 Å². The maximum absolute atomic E-state index is 11.3. The number of aromatic amines is 1. The Balaban J connectivity index is 2.79. The maximum atomic E-state index is 11.3. The van der Waals surface area contributed by atoms with Crippen LogP contribution in [0, 0.1) is 6.92 Å². The van der Waals surface area contributed by atoms with Gasteiger partial charge in [-0.1, -0.05) is 11.8 Å². The molecule has 0 saturated heterocycles. The van der Waals surface area contributed by atoms with Gasteiger partial charge in [-0.2, -0.15) is 0 Å². The Morgan fingerprint density at radius 2 is 2.35 bits per heavy atom. The number of carbonyl (C=O) groups is 1. The van der Waals surface area contributed by atoms with Crippen LogP contribution in [-0.2, 0) is 4.79 Å². The molecule has 94 valence electrons. The number of hydrogen-bond acceptors (Lipinski definition) is 5. The zero-order valence-corrected chi connectivity index (χ0v) is 10.9. The molecule has 0 aromatic carbocycles. The lowest BCUT2D eigenvalue weighted by Gasteiger charge is -2.24. The molecule has 0 aliphatic rings. The third-order valence-electron chi connectivity index (χ3n) is 2.44. The first-order chi connectivity index (χ1) is 7.87. The number of thioether (sulfide) groups is 1. The maximum Gasteiger partial charge on any atom is 0.251 e. The number of nitrogens with two attached hydrogens (primary N) is 1. The monoisotopic (exact) mass is 256 g/mol. The van der Waals surface area contributed by atoms with Crippen LogP contribution in [0.4, 0.5) is 0 Å². The summed E-state index contributed by atoms with van der Waals surface area (Å²) < 4.78 is 0. The van der Waals surface area contributed by atoms with Crippen molar-refractivity contribution in [2.75, 3.05) is 12.8 Å². The Bertz CT molecular complexity index is 474. The fraction of sp³-hybridized carbons (Fsp3) is 0.500. The van der Waals surface area contributed by atoms with Crippen molar-refractivity contribution < 1.29 is 4.79 Å². The van der Waals surface area contributed by atoms with Crippen LogP contribution >= 0.6 is 11.8 Å². The van der Waals surface area contributed by atoms with E-state index in [1.165, 1.54) is 17.8 Å². The molecular weight excluding hydrogens is 240 g/mol. The van der Waals surface area contributed by atoms with Crippen LogP contribution in [0.3, 0.4) is 0 Å². The van der Waals surface area contributed by atoms with Crippen LogP contribution in [0.15, 0.2) is 16.0 Å². The van der Waals surface area contributed by atoms with Gasteiger partial charge in [-0.05, 0) is 20.9 Å². The van der Waals surface area contributed by atoms with Gasteiger partial charge in [-0.3, -0.25) is 9.59 Å². The van der Waals surface area contributed by atoms with E-state index in [2.05, 4.69) is 15.3 Å². The zero-order valence-electron chi connectivity index (χ0n) is 10.0. The van der Waals surface area contributed by atoms with Gasteiger partial charge < -0.3 is 16.0 Å². The van der Waals surface area contributed by atoms with E-state index >= 15 is 0 Å². The lowest BCUT2D eigenvalue weighted by atomic mass is 10.1. The Kier molecular flexibility index (Phi) is 4.30. The summed E-state index contributed by atoms with van der Waals surface area (Å²) in [6.45, 7) is 3.45. The minimum absolute atomic E-state index is 0.203. The molecule has 7 heteroatoms. The Morgan fingerprint density at radius 1 is 1.71 bits per heavy atom. The smallest absolute Gasteiger partial charge is 0.251 e. The molecule has 0 bridgehead atoms. The second kappa shape index (κ2) is 5.33. The van der Waals surface area contributed by atoms with Crippen molar-refractivity contribution in [3.8, 4) is 0 Å². The highest BCUT2D eigenvalue weighted by Crippen LogP contribution is 2.18. The molecular formula is C10H16N4O2S. The Morgan fingerprint density at radius 3 is 2.82 bits per heavy atom. The summed E-state index contributed by atoms with van der Waals surface area (Å²) in [5.41, 5.74) is 4.91. The summed E-state index contributed by atoms with van der Waals surface area (Å²) >= 11 is 1.28. The predicted octanol–water partition coefficient (Wildman–Crippen LogP) is -0.366. The number of nitrogens with one attached hydrogen (secondary N) is 2. The van der Waals surface area contributed by atoms with Crippen molar-refractivity contribution in [2.24, 2.45) is 5.73 Å².